The van der Waals surface area contributed by atoms with E-state index in [1.165, 1.54) is 45.6 Å². The van der Waals surface area contributed by atoms with E-state index in [2.05, 4.69) is 0 Å². The number of phenols is 2. The van der Waals surface area contributed by atoms with Crippen molar-refractivity contribution in [2.45, 2.75) is 12.2 Å². The van der Waals surface area contributed by atoms with E-state index in [4.69, 9.17) is 28.1 Å². The van der Waals surface area contributed by atoms with Gasteiger partial charge in [-0.1, -0.05) is 6.07 Å². The molecule has 0 saturated heterocycles. The summed E-state index contributed by atoms with van der Waals surface area (Å²) in [6, 6.07) is 8.83. The number of methoxy groups -OCH3 is 3. The number of hydrogen-bond acceptors (Lipinski definition) is 10. The van der Waals surface area contributed by atoms with Crippen LogP contribution in [0, 0.1) is 0 Å². The molecule has 0 spiro atoms. The highest BCUT2D eigenvalue weighted by Crippen LogP contribution is 2.51. The molecule has 3 N–H and O–H groups in total. The predicted octanol–water partition coefficient (Wildman–Crippen LogP) is 3.26. The topological polar surface area (TPSA) is 137 Å². The van der Waals surface area contributed by atoms with Gasteiger partial charge in [0, 0.05) is 11.6 Å². The van der Waals surface area contributed by atoms with Crippen LogP contribution in [0.1, 0.15) is 11.7 Å². The van der Waals surface area contributed by atoms with E-state index in [-0.39, 0.29) is 56.4 Å². The molecule has 0 amide bonds. The van der Waals surface area contributed by atoms with Crippen molar-refractivity contribution in [2.75, 3.05) is 27.9 Å². The highest BCUT2D eigenvalue weighted by atomic mass is 16.6. The van der Waals surface area contributed by atoms with Gasteiger partial charge in [0.15, 0.2) is 35.0 Å². The Morgan fingerprint density at radius 3 is 2.31 bits per heavy atom. The van der Waals surface area contributed by atoms with Gasteiger partial charge in [-0.2, -0.15) is 0 Å². The standard InChI is InChI=1S/C25H22O10/c1-30-16-9-17(31-2)14(28)7-11(16)22-19(10-26)34-25-23-12(8-18(32-3)24(25)35-22)21(29)20-13(27)5-4-6-15(20)33-23/h4-9,19,22,26-28H,10H2,1-3H3/t19-,22-/m1/s1. The fourth-order valence-corrected chi connectivity index (χ4v) is 4.26. The number of rotatable bonds is 5. The van der Waals surface area contributed by atoms with Gasteiger partial charge in [0.1, 0.15) is 22.5 Å². The third kappa shape index (κ3) is 3.41. The normalized spacial score (nSPS) is 16.9. The minimum Gasteiger partial charge on any atom is -0.507 e. The Morgan fingerprint density at radius 1 is 0.886 bits per heavy atom. The Labute approximate surface area is 198 Å². The molecule has 2 atom stereocenters. The first-order valence-electron chi connectivity index (χ1n) is 10.6. The van der Waals surface area contributed by atoms with E-state index in [9.17, 15) is 20.1 Å². The number of fused-ring (bicyclic) bond motifs is 4. The van der Waals surface area contributed by atoms with Crippen molar-refractivity contribution in [3.63, 3.8) is 0 Å². The molecule has 0 saturated carbocycles. The minimum absolute atomic E-state index is 0.0220. The van der Waals surface area contributed by atoms with Crippen LogP contribution in [0.2, 0.25) is 0 Å². The zero-order valence-electron chi connectivity index (χ0n) is 19.0. The first kappa shape index (κ1) is 22.5. The second kappa shape index (κ2) is 8.48. The summed E-state index contributed by atoms with van der Waals surface area (Å²) in [6.07, 6.45) is -1.90. The number of phenolic OH excluding ortho intramolecular Hbond substituents is 2. The predicted molar refractivity (Wildman–Crippen MR) is 124 cm³/mol. The van der Waals surface area contributed by atoms with E-state index in [0.29, 0.717) is 11.3 Å². The first-order chi connectivity index (χ1) is 16.9. The van der Waals surface area contributed by atoms with Crippen molar-refractivity contribution >= 4 is 21.9 Å². The van der Waals surface area contributed by atoms with Crippen LogP contribution in [0.3, 0.4) is 0 Å². The average molecular weight is 482 g/mol. The molecule has 4 aromatic rings. The summed E-state index contributed by atoms with van der Waals surface area (Å²) in [6.45, 7) is -0.475. The molecule has 182 valence electrons. The van der Waals surface area contributed by atoms with Crippen molar-refractivity contribution in [3.8, 4) is 40.2 Å². The van der Waals surface area contributed by atoms with E-state index in [1.54, 1.807) is 12.1 Å². The van der Waals surface area contributed by atoms with Gasteiger partial charge < -0.3 is 43.4 Å². The summed E-state index contributed by atoms with van der Waals surface area (Å²) >= 11 is 0. The first-order valence-corrected chi connectivity index (χ1v) is 10.6. The van der Waals surface area contributed by atoms with Gasteiger partial charge >= 0.3 is 0 Å². The lowest BCUT2D eigenvalue weighted by atomic mass is 10.0. The lowest BCUT2D eigenvalue weighted by Gasteiger charge is -2.34. The number of ether oxygens (including phenoxy) is 5. The summed E-state index contributed by atoms with van der Waals surface area (Å²) in [5, 5.41) is 30.8. The van der Waals surface area contributed by atoms with Crippen LogP contribution in [-0.2, 0) is 0 Å². The monoisotopic (exact) mass is 482 g/mol. The number of aliphatic hydroxyl groups is 1. The van der Waals surface area contributed by atoms with Crippen LogP contribution >= 0.6 is 0 Å². The highest BCUT2D eigenvalue weighted by molar-refractivity contribution is 5.97. The number of aromatic hydroxyl groups is 2. The third-order valence-electron chi connectivity index (χ3n) is 5.93. The molecule has 0 unspecified atom stereocenters. The van der Waals surface area contributed by atoms with E-state index >= 15 is 0 Å². The molecular weight excluding hydrogens is 460 g/mol. The van der Waals surface area contributed by atoms with Crippen LogP contribution in [0.25, 0.3) is 21.9 Å². The molecule has 3 aromatic carbocycles. The van der Waals surface area contributed by atoms with Crippen molar-refractivity contribution in [1.29, 1.82) is 0 Å². The van der Waals surface area contributed by atoms with Crippen LogP contribution in [0.15, 0.2) is 45.6 Å². The van der Waals surface area contributed by atoms with Crippen molar-refractivity contribution in [3.05, 3.63) is 52.2 Å². The summed E-state index contributed by atoms with van der Waals surface area (Å²) in [5.41, 5.74) is 0.143. The van der Waals surface area contributed by atoms with Gasteiger partial charge in [-0.15, -0.1) is 0 Å². The molecule has 0 fully saturated rings. The molecule has 0 bridgehead atoms. The van der Waals surface area contributed by atoms with Crippen LogP contribution < -0.4 is 29.1 Å². The summed E-state index contributed by atoms with van der Waals surface area (Å²) in [5.74, 6) is 0.534. The van der Waals surface area contributed by atoms with Gasteiger partial charge in [-0.25, -0.2) is 0 Å². The maximum atomic E-state index is 13.2. The minimum atomic E-state index is -0.968. The lowest BCUT2D eigenvalue weighted by molar-refractivity contribution is -0.0143. The zero-order valence-corrected chi connectivity index (χ0v) is 19.0. The highest BCUT2D eigenvalue weighted by Gasteiger charge is 2.39. The second-order valence-corrected chi connectivity index (χ2v) is 7.84. The Kier molecular flexibility index (Phi) is 5.45. The van der Waals surface area contributed by atoms with Gasteiger partial charge in [-0.05, 0) is 24.3 Å². The smallest absolute Gasteiger partial charge is 0.209 e. The second-order valence-electron chi connectivity index (χ2n) is 7.84. The molecule has 1 aliphatic rings. The SMILES string of the molecule is COc1cc(OC)c([C@H]2Oc3c(OC)cc4c(=O)c5c(O)cccc5oc4c3O[C@@H]2CO)cc1O. The molecule has 10 heteroatoms. The maximum absolute atomic E-state index is 13.2. The molecule has 1 aromatic heterocycles. The average Bonchev–Trinajstić information content (AvgIpc) is 2.87. The van der Waals surface area contributed by atoms with Gasteiger partial charge in [0.25, 0.3) is 0 Å². The Bertz CT molecular complexity index is 1510. The fraction of sp³-hybridized carbons (Fsp3) is 0.240. The maximum Gasteiger partial charge on any atom is 0.209 e. The summed E-state index contributed by atoms with van der Waals surface area (Å²) in [7, 11) is 4.26. The van der Waals surface area contributed by atoms with E-state index in [0.717, 1.165) is 0 Å². The molecule has 5 rings (SSSR count). The molecule has 1 aliphatic heterocycles. The van der Waals surface area contributed by atoms with E-state index in [1.807, 2.05) is 0 Å². The summed E-state index contributed by atoms with van der Waals surface area (Å²) in [4.78, 5) is 13.2. The number of benzene rings is 3. The van der Waals surface area contributed by atoms with Gasteiger partial charge in [0.05, 0.1) is 33.3 Å². The molecule has 35 heavy (non-hydrogen) atoms. The number of hydrogen-bond donors (Lipinski definition) is 3. The van der Waals surface area contributed by atoms with Crippen LogP contribution in [0.5, 0.6) is 40.2 Å². The quantitative estimate of drug-likeness (QED) is 0.364. The summed E-state index contributed by atoms with van der Waals surface area (Å²) < 4.78 is 34.4. The molecule has 0 aliphatic carbocycles. The molecule has 0 radical (unpaired) electrons. The van der Waals surface area contributed by atoms with Crippen molar-refractivity contribution < 1.29 is 43.4 Å². The van der Waals surface area contributed by atoms with Crippen LogP contribution in [-0.4, -0.2) is 49.4 Å². The largest absolute Gasteiger partial charge is 0.507 e. The zero-order chi connectivity index (χ0) is 24.9. The lowest BCUT2D eigenvalue weighted by Crippen LogP contribution is -2.36. The van der Waals surface area contributed by atoms with Crippen molar-refractivity contribution in [1.82, 2.24) is 0 Å². The van der Waals surface area contributed by atoms with Gasteiger partial charge in [0.2, 0.25) is 16.9 Å². The van der Waals surface area contributed by atoms with Crippen LogP contribution in [0.4, 0.5) is 0 Å². The Hall–Kier alpha value is -4.31. The molecular formula is C25H22O10. The van der Waals surface area contributed by atoms with Crippen molar-refractivity contribution in [2.24, 2.45) is 0 Å². The third-order valence-corrected chi connectivity index (χ3v) is 5.93. The number of aliphatic hydroxyl groups excluding tert-OH is 1. The molecule has 2 heterocycles. The Balaban J connectivity index is 1.74. The Morgan fingerprint density at radius 2 is 1.63 bits per heavy atom. The fourth-order valence-electron chi connectivity index (χ4n) is 4.26. The molecule has 10 nitrogen and oxygen atoms in total. The van der Waals surface area contributed by atoms with E-state index < -0.39 is 24.2 Å². The van der Waals surface area contributed by atoms with Gasteiger partial charge in [-0.3, -0.25) is 4.79 Å².